The number of aliphatic hydroxyl groups excluding tert-OH is 1. The second-order valence-corrected chi connectivity index (χ2v) is 7.10. The van der Waals surface area contributed by atoms with Gasteiger partial charge in [-0.25, -0.2) is 4.39 Å². The molecule has 3 N–H and O–H groups in total. The molecule has 3 rings (SSSR count). The van der Waals surface area contributed by atoms with Crippen molar-refractivity contribution in [3.8, 4) is 17.2 Å². The second-order valence-electron chi connectivity index (χ2n) is 6.70. The van der Waals surface area contributed by atoms with Crippen molar-refractivity contribution in [2.45, 2.75) is 18.8 Å². The van der Waals surface area contributed by atoms with Crippen LogP contribution in [0.2, 0.25) is 5.02 Å². The largest absolute Gasteiger partial charge is 0.586 e. The zero-order valence-corrected chi connectivity index (χ0v) is 17.1. The van der Waals surface area contributed by atoms with Gasteiger partial charge in [-0.05, 0) is 36.8 Å². The maximum atomic E-state index is 13.3. The van der Waals surface area contributed by atoms with Crippen molar-refractivity contribution in [3.63, 3.8) is 0 Å². The Morgan fingerprint density at radius 1 is 1.12 bits per heavy atom. The second kappa shape index (κ2) is 9.96. The topological polar surface area (TPSA) is 106 Å². The Bertz CT molecular complexity index is 1010. The van der Waals surface area contributed by atoms with Crippen molar-refractivity contribution < 1.29 is 42.1 Å². The number of hydrogen-bond donors (Lipinski definition) is 3. The van der Waals surface area contributed by atoms with Crippen LogP contribution in [-0.2, 0) is 4.79 Å². The number of nitrogens with one attached hydrogen (secondary N) is 2. The Kier molecular flexibility index (Phi) is 7.31. The van der Waals surface area contributed by atoms with Gasteiger partial charge in [-0.15, -0.1) is 8.78 Å². The first kappa shape index (κ1) is 23.5. The third kappa shape index (κ3) is 6.41. The predicted octanol–water partition coefficient (Wildman–Crippen LogP) is 2.48. The molecule has 0 spiro atoms. The molecule has 0 radical (unpaired) electrons. The van der Waals surface area contributed by atoms with Gasteiger partial charge in [0.15, 0.2) is 18.1 Å². The molecule has 172 valence electrons. The molecule has 0 aromatic heterocycles. The van der Waals surface area contributed by atoms with E-state index in [9.17, 15) is 27.9 Å². The van der Waals surface area contributed by atoms with E-state index in [2.05, 4.69) is 20.1 Å². The summed E-state index contributed by atoms with van der Waals surface area (Å²) >= 11 is 5.55. The van der Waals surface area contributed by atoms with Gasteiger partial charge in [-0.3, -0.25) is 9.59 Å². The fourth-order valence-electron chi connectivity index (χ4n) is 2.64. The fourth-order valence-corrected chi connectivity index (χ4v) is 2.76. The molecule has 2 amide bonds. The van der Waals surface area contributed by atoms with Crippen LogP contribution in [-0.4, -0.2) is 49.0 Å². The van der Waals surface area contributed by atoms with Crippen molar-refractivity contribution in [1.82, 2.24) is 10.6 Å². The van der Waals surface area contributed by atoms with Gasteiger partial charge in [0.25, 0.3) is 11.8 Å². The Morgan fingerprint density at radius 3 is 2.62 bits per heavy atom. The van der Waals surface area contributed by atoms with E-state index in [-0.39, 0.29) is 47.3 Å². The first-order valence-electron chi connectivity index (χ1n) is 9.33. The van der Waals surface area contributed by atoms with Crippen LogP contribution in [0, 0.1) is 5.82 Å². The van der Waals surface area contributed by atoms with Gasteiger partial charge in [0, 0.05) is 24.7 Å². The van der Waals surface area contributed by atoms with E-state index in [1.165, 1.54) is 24.3 Å². The number of halogens is 4. The summed E-state index contributed by atoms with van der Waals surface area (Å²) in [6, 6.07) is 7.34. The minimum atomic E-state index is -3.78. The SMILES string of the molecule is O=C(COc1ccc(Cl)c(F)c1)NC[C@@H](O)CCNC(=O)c1ccc2c(c1)OC(F)(F)O2. The Labute approximate surface area is 185 Å². The maximum absolute atomic E-state index is 13.3. The molecule has 1 aliphatic heterocycles. The molecule has 0 bridgehead atoms. The van der Waals surface area contributed by atoms with Gasteiger partial charge in [-0.2, -0.15) is 0 Å². The summed E-state index contributed by atoms with van der Waals surface area (Å²) in [5.74, 6) is -2.10. The highest BCUT2D eigenvalue weighted by atomic mass is 35.5. The van der Waals surface area contributed by atoms with Crippen LogP contribution in [0.1, 0.15) is 16.8 Å². The Hall–Kier alpha value is -3.18. The number of aliphatic hydroxyl groups is 1. The van der Waals surface area contributed by atoms with E-state index in [0.29, 0.717) is 0 Å². The van der Waals surface area contributed by atoms with E-state index in [4.69, 9.17) is 16.3 Å². The molecule has 0 aliphatic carbocycles. The lowest BCUT2D eigenvalue weighted by Crippen LogP contribution is -2.37. The molecular weight excluding hydrogens is 457 g/mol. The molecule has 0 saturated carbocycles. The van der Waals surface area contributed by atoms with Crippen molar-refractivity contribution >= 4 is 23.4 Å². The highest BCUT2D eigenvalue weighted by molar-refractivity contribution is 6.30. The molecule has 1 aliphatic rings. The van der Waals surface area contributed by atoms with E-state index in [1.54, 1.807) is 0 Å². The van der Waals surface area contributed by atoms with Crippen molar-refractivity contribution in [3.05, 3.63) is 52.8 Å². The van der Waals surface area contributed by atoms with Gasteiger partial charge < -0.3 is 30.0 Å². The average Bonchev–Trinajstić information content (AvgIpc) is 3.05. The van der Waals surface area contributed by atoms with Crippen molar-refractivity contribution in [2.24, 2.45) is 0 Å². The summed E-state index contributed by atoms with van der Waals surface area (Å²) in [6.07, 6.45) is -4.64. The summed E-state index contributed by atoms with van der Waals surface area (Å²) < 4.78 is 53.0. The summed E-state index contributed by atoms with van der Waals surface area (Å²) in [6.45, 7) is -0.444. The van der Waals surface area contributed by atoms with Gasteiger partial charge in [0.2, 0.25) is 0 Å². The van der Waals surface area contributed by atoms with Gasteiger partial charge in [0.05, 0.1) is 11.1 Å². The van der Waals surface area contributed by atoms with Crippen LogP contribution in [0.25, 0.3) is 0 Å². The molecule has 8 nitrogen and oxygen atoms in total. The van der Waals surface area contributed by atoms with E-state index < -0.39 is 36.6 Å². The van der Waals surface area contributed by atoms with Crippen LogP contribution < -0.4 is 24.8 Å². The van der Waals surface area contributed by atoms with Crippen LogP contribution in [0.4, 0.5) is 13.2 Å². The van der Waals surface area contributed by atoms with E-state index >= 15 is 0 Å². The lowest BCUT2D eigenvalue weighted by molar-refractivity contribution is -0.286. The lowest BCUT2D eigenvalue weighted by atomic mass is 10.2. The third-order valence-electron chi connectivity index (χ3n) is 4.22. The highest BCUT2D eigenvalue weighted by Gasteiger charge is 2.43. The minimum Gasteiger partial charge on any atom is -0.484 e. The molecule has 1 heterocycles. The molecule has 2 aromatic rings. The smallest absolute Gasteiger partial charge is 0.484 e. The molecule has 0 fully saturated rings. The lowest BCUT2D eigenvalue weighted by Gasteiger charge is -2.13. The molecule has 12 heteroatoms. The van der Waals surface area contributed by atoms with Crippen LogP contribution in [0.3, 0.4) is 0 Å². The number of ether oxygens (including phenoxy) is 3. The van der Waals surface area contributed by atoms with Crippen LogP contribution in [0.15, 0.2) is 36.4 Å². The number of fused-ring (bicyclic) bond motifs is 1. The summed E-state index contributed by atoms with van der Waals surface area (Å²) in [7, 11) is 0. The maximum Gasteiger partial charge on any atom is 0.586 e. The molecule has 0 unspecified atom stereocenters. The van der Waals surface area contributed by atoms with Gasteiger partial charge in [-0.1, -0.05) is 11.6 Å². The van der Waals surface area contributed by atoms with E-state index in [1.807, 2.05) is 0 Å². The highest BCUT2D eigenvalue weighted by Crippen LogP contribution is 2.41. The molecule has 0 saturated heterocycles. The summed E-state index contributed by atoms with van der Waals surface area (Å²) in [5.41, 5.74) is 0.0728. The fraction of sp³-hybridized carbons (Fsp3) is 0.300. The predicted molar refractivity (Wildman–Crippen MR) is 106 cm³/mol. The third-order valence-corrected chi connectivity index (χ3v) is 4.53. The van der Waals surface area contributed by atoms with Crippen molar-refractivity contribution in [1.29, 1.82) is 0 Å². The van der Waals surface area contributed by atoms with Gasteiger partial charge in [0.1, 0.15) is 11.6 Å². The molecule has 32 heavy (non-hydrogen) atoms. The zero-order chi connectivity index (χ0) is 23.3. The molecular formula is C20H18ClF3N2O6. The molecule has 2 aromatic carbocycles. The average molecular weight is 475 g/mol. The van der Waals surface area contributed by atoms with Crippen molar-refractivity contribution in [2.75, 3.05) is 19.7 Å². The van der Waals surface area contributed by atoms with E-state index in [0.717, 1.165) is 12.1 Å². The standard InChI is InChI=1S/C20H18ClF3N2O6/c21-14-3-2-13(8-15(14)22)30-10-18(28)26-9-12(27)5-6-25-19(29)11-1-4-16-17(7-11)32-20(23,24)31-16/h1-4,7-8,12,27H,5-6,9-10H2,(H,25,29)(H,26,28)/t12-/m0/s1. The number of hydrogen-bond acceptors (Lipinski definition) is 6. The first-order chi connectivity index (χ1) is 15.1. The summed E-state index contributed by atoms with van der Waals surface area (Å²) in [4.78, 5) is 23.9. The Balaban J connectivity index is 1.34. The minimum absolute atomic E-state index is 0.0566. The number of alkyl halides is 2. The first-order valence-corrected chi connectivity index (χ1v) is 9.71. The Morgan fingerprint density at radius 2 is 1.88 bits per heavy atom. The van der Waals surface area contributed by atoms with Crippen LogP contribution in [0.5, 0.6) is 17.2 Å². The summed E-state index contributed by atoms with van der Waals surface area (Å²) in [5, 5.41) is 14.8. The number of benzene rings is 2. The van der Waals surface area contributed by atoms with Crippen LogP contribution >= 0.6 is 11.6 Å². The molecule has 1 atom stereocenters. The number of amides is 2. The monoisotopic (exact) mass is 474 g/mol. The number of rotatable bonds is 9. The van der Waals surface area contributed by atoms with Gasteiger partial charge >= 0.3 is 6.29 Å². The number of carbonyl (C=O) groups is 2. The quantitative estimate of drug-likeness (QED) is 0.515. The zero-order valence-electron chi connectivity index (χ0n) is 16.4. The number of carbonyl (C=O) groups excluding carboxylic acids is 2. The normalized spacial score (nSPS) is 14.5.